The van der Waals surface area contributed by atoms with Crippen LogP contribution in [-0.2, 0) is 0 Å². The second kappa shape index (κ2) is 8.07. The monoisotopic (exact) mass is 392 g/mol. The lowest BCUT2D eigenvalue weighted by molar-refractivity contribution is -0.0503. The molecular formula is C18H18F2N4O4. The first-order valence-corrected chi connectivity index (χ1v) is 8.47. The topological polar surface area (TPSA) is 109 Å². The Hall–Kier alpha value is -3.43. The molecule has 1 aromatic heterocycles. The smallest absolute Gasteiger partial charge is 0.387 e. The molecular weight excluding hydrogens is 374 g/mol. The highest BCUT2D eigenvalue weighted by atomic mass is 19.3. The minimum absolute atomic E-state index is 0.0399. The fourth-order valence-corrected chi connectivity index (χ4v) is 2.96. The van der Waals surface area contributed by atoms with Crippen LogP contribution in [0, 0.1) is 0 Å². The lowest BCUT2D eigenvalue weighted by Gasteiger charge is -2.34. The summed E-state index contributed by atoms with van der Waals surface area (Å²) in [5.74, 6) is -1.60. The number of rotatable bonds is 5. The summed E-state index contributed by atoms with van der Waals surface area (Å²) in [5.41, 5.74) is 5.64. The van der Waals surface area contributed by atoms with Crippen LogP contribution in [-0.4, -0.2) is 65.3 Å². The molecule has 0 bridgehead atoms. The van der Waals surface area contributed by atoms with Crippen LogP contribution in [0.4, 0.5) is 8.78 Å². The molecule has 3 rings (SSSR count). The summed E-state index contributed by atoms with van der Waals surface area (Å²) in [5, 5.41) is 0. The highest BCUT2D eigenvalue weighted by molar-refractivity contribution is 5.99. The van der Waals surface area contributed by atoms with E-state index in [9.17, 15) is 23.2 Å². The number of hydrogen-bond donors (Lipinski definition) is 2. The van der Waals surface area contributed by atoms with Crippen LogP contribution in [0.2, 0.25) is 0 Å². The first kappa shape index (κ1) is 19.3. The number of amides is 3. The minimum Gasteiger partial charge on any atom is -0.434 e. The molecule has 1 saturated heterocycles. The standard InChI is InChI=1S/C18H18F2N4O4/c19-18(20)28-14-4-2-1-3-12(14)16(26)23-5-7-24(8-6-23)17(27)13-9-11(10-22-13)15(21)25/h1-4,9-10,18,22H,5-8H2,(H2,21,25). The molecule has 0 unspecified atom stereocenters. The zero-order valence-corrected chi connectivity index (χ0v) is 14.7. The van der Waals surface area contributed by atoms with Crippen LogP contribution in [0.5, 0.6) is 5.75 Å². The summed E-state index contributed by atoms with van der Waals surface area (Å²) in [6.07, 6.45) is 1.36. The van der Waals surface area contributed by atoms with Gasteiger partial charge in [-0.2, -0.15) is 8.78 Å². The normalized spacial score (nSPS) is 14.2. The molecule has 1 aliphatic heterocycles. The molecule has 10 heteroatoms. The Morgan fingerprint density at radius 1 is 1.04 bits per heavy atom. The number of ether oxygens (including phenoxy) is 1. The van der Waals surface area contributed by atoms with Crippen LogP contribution in [0.3, 0.4) is 0 Å². The molecule has 8 nitrogen and oxygen atoms in total. The summed E-state index contributed by atoms with van der Waals surface area (Å²) in [7, 11) is 0. The van der Waals surface area contributed by atoms with E-state index in [1.54, 1.807) is 6.07 Å². The average Bonchev–Trinajstić information content (AvgIpc) is 3.17. The van der Waals surface area contributed by atoms with Crippen molar-refractivity contribution in [3.8, 4) is 5.75 Å². The number of carbonyl (C=O) groups excluding carboxylic acids is 3. The molecule has 1 aromatic carbocycles. The highest BCUT2D eigenvalue weighted by Crippen LogP contribution is 2.22. The fourth-order valence-electron chi connectivity index (χ4n) is 2.96. The molecule has 0 spiro atoms. The Balaban J connectivity index is 1.64. The molecule has 28 heavy (non-hydrogen) atoms. The maximum absolute atomic E-state index is 12.7. The predicted octanol–water partition coefficient (Wildman–Crippen LogP) is 1.31. The number of hydrogen-bond acceptors (Lipinski definition) is 4. The van der Waals surface area contributed by atoms with Crippen LogP contribution >= 0.6 is 0 Å². The molecule has 2 aromatic rings. The van der Waals surface area contributed by atoms with Crippen molar-refractivity contribution in [2.75, 3.05) is 26.2 Å². The number of H-pyrrole nitrogens is 1. The number of piperazine rings is 1. The molecule has 1 aliphatic rings. The Bertz CT molecular complexity index is 891. The third-order valence-electron chi connectivity index (χ3n) is 4.39. The third-order valence-corrected chi connectivity index (χ3v) is 4.39. The van der Waals surface area contributed by atoms with Crippen molar-refractivity contribution in [1.82, 2.24) is 14.8 Å². The Morgan fingerprint density at radius 3 is 2.21 bits per heavy atom. The van der Waals surface area contributed by atoms with Gasteiger partial charge >= 0.3 is 6.61 Å². The quantitative estimate of drug-likeness (QED) is 0.800. The van der Waals surface area contributed by atoms with Gasteiger partial charge in [-0.05, 0) is 18.2 Å². The molecule has 1 fully saturated rings. The summed E-state index contributed by atoms with van der Waals surface area (Å²) < 4.78 is 29.5. The van der Waals surface area contributed by atoms with E-state index in [0.717, 1.165) is 0 Å². The maximum atomic E-state index is 12.7. The lowest BCUT2D eigenvalue weighted by atomic mass is 10.1. The second-order valence-electron chi connectivity index (χ2n) is 6.13. The minimum atomic E-state index is -3.03. The maximum Gasteiger partial charge on any atom is 0.387 e. The van der Waals surface area contributed by atoms with Gasteiger partial charge in [0, 0.05) is 32.4 Å². The van der Waals surface area contributed by atoms with Crippen molar-refractivity contribution in [3.63, 3.8) is 0 Å². The van der Waals surface area contributed by atoms with Crippen LogP contribution in [0.25, 0.3) is 0 Å². The van der Waals surface area contributed by atoms with Gasteiger partial charge < -0.3 is 25.3 Å². The van der Waals surface area contributed by atoms with Gasteiger partial charge in [0.25, 0.3) is 11.8 Å². The van der Waals surface area contributed by atoms with Crippen molar-refractivity contribution < 1.29 is 27.9 Å². The summed E-state index contributed by atoms with van der Waals surface area (Å²) >= 11 is 0. The second-order valence-corrected chi connectivity index (χ2v) is 6.13. The number of nitrogens with zero attached hydrogens (tertiary/aromatic N) is 2. The Labute approximate surface area is 158 Å². The van der Waals surface area contributed by atoms with Crippen LogP contribution in [0.1, 0.15) is 31.2 Å². The van der Waals surface area contributed by atoms with Gasteiger partial charge in [-0.25, -0.2) is 0 Å². The molecule has 148 valence electrons. The van der Waals surface area contributed by atoms with Crippen molar-refractivity contribution in [3.05, 3.63) is 53.3 Å². The highest BCUT2D eigenvalue weighted by Gasteiger charge is 2.28. The lowest BCUT2D eigenvalue weighted by Crippen LogP contribution is -2.50. The van der Waals surface area contributed by atoms with Gasteiger partial charge in [0.1, 0.15) is 11.4 Å². The van der Waals surface area contributed by atoms with E-state index in [1.807, 2.05) is 0 Å². The Kier molecular flexibility index (Phi) is 5.57. The van der Waals surface area contributed by atoms with Crippen molar-refractivity contribution >= 4 is 17.7 Å². The molecule has 2 heterocycles. The largest absolute Gasteiger partial charge is 0.434 e. The summed E-state index contributed by atoms with van der Waals surface area (Å²) in [6, 6.07) is 7.16. The molecule has 0 radical (unpaired) electrons. The summed E-state index contributed by atoms with van der Waals surface area (Å²) in [4.78, 5) is 42.0. The number of para-hydroxylation sites is 1. The molecule has 0 saturated carbocycles. The van der Waals surface area contributed by atoms with E-state index < -0.39 is 18.4 Å². The zero-order valence-electron chi connectivity index (χ0n) is 14.7. The number of carbonyl (C=O) groups is 3. The molecule has 0 aliphatic carbocycles. The van der Waals surface area contributed by atoms with Crippen LogP contribution < -0.4 is 10.5 Å². The van der Waals surface area contributed by atoms with E-state index in [0.29, 0.717) is 0 Å². The van der Waals surface area contributed by atoms with Gasteiger partial charge in [0.05, 0.1) is 11.1 Å². The Morgan fingerprint density at radius 2 is 1.64 bits per heavy atom. The number of aromatic amines is 1. The molecule has 0 atom stereocenters. The first-order valence-electron chi connectivity index (χ1n) is 8.47. The van der Waals surface area contributed by atoms with Gasteiger partial charge in [0.15, 0.2) is 0 Å². The van der Waals surface area contributed by atoms with Crippen molar-refractivity contribution in [2.24, 2.45) is 5.73 Å². The van der Waals surface area contributed by atoms with Gasteiger partial charge in [-0.3, -0.25) is 14.4 Å². The zero-order chi connectivity index (χ0) is 20.3. The van der Waals surface area contributed by atoms with Gasteiger partial charge in [-0.15, -0.1) is 0 Å². The van der Waals surface area contributed by atoms with Gasteiger partial charge in [0.2, 0.25) is 5.91 Å². The van der Waals surface area contributed by atoms with Crippen LogP contribution in [0.15, 0.2) is 36.5 Å². The third kappa shape index (κ3) is 4.11. The first-order chi connectivity index (χ1) is 13.4. The van der Waals surface area contributed by atoms with Crippen molar-refractivity contribution in [1.29, 1.82) is 0 Å². The van der Waals surface area contributed by atoms with E-state index in [4.69, 9.17) is 5.73 Å². The van der Waals surface area contributed by atoms with E-state index in [1.165, 1.54) is 40.3 Å². The van der Waals surface area contributed by atoms with E-state index >= 15 is 0 Å². The van der Waals surface area contributed by atoms with Gasteiger partial charge in [-0.1, -0.05) is 12.1 Å². The van der Waals surface area contributed by atoms with E-state index in [2.05, 4.69) is 9.72 Å². The number of nitrogens with one attached hydrogen (secondary N) is 1. The number of aromatic nitrogens is 1. The average molecular weight is 392 g/mol. The predicted molar refractivity (Wildman–Crippen MR) is 94.2 cm³/mol. The number of alkyl halides is 2. The molecule has 3 N–H and O–H groups in total. The number of halogens is 2. The van der Waals surface area contributed by atoms with E-state index in [-0.39, 0.29) is 54.7 Å². The fraction of sp³-hybridized carbons (Fsp3) is 0.278. The SMILES string of the molecule is NC(=O)c1c[nH]c(C(=O)N2CCN(C(=O)c3ccccc3OC(F)F)CC2)c1. The number of nitrogens with two attached hydrogens (primary N) is 1. The van der Waals surface area contributed by atoms with Crippen molar-refractivity contribution in [2.45, 2.75) is 6.61 Å². The molecule has 3 amide bonds. The summed E-state index contributed by atoms with van der Waals surface area (Å²) in [6.45, 7) is -2.05. The number of benzene rings is 1. The number of primary amides is 1.